The van der Waals surface area contributed by atoms with Crippen molar-refractivity contribution >= 4 is 5.91 Å². The predicted octanol–water partition coefficient (Wildman–Crippen LogP) is 2.01. The Morgan fingerprint density at radius 2 is 2.19 bits per heavy atom. The van der Waals surface area contributed by atoms with Crippen molar-refractivity contribution in [3.8, 4) is 0 Å². The molecule has 3 N–H and O–H groups in total. The highest BCUT2D eigenvalue weighted by atomic mass is 16.3. The van der Waals surface area contributed by atoms with E-state index in [9.17, 15) is 9.90 Å². The maximum Gasteiger partial charge on any atom is 0.228 e. The molecule has 1 amide bonds. The van der Waals surface area contributed by atoms with E-state index >= 15 is 0 Å². The summed E-state index contributed by atoms with van der Waals surface area (Å²) < 4.78 is 0. The highest BCUT2D eigenvalue weighted by Crippen LogP contribution is 2.32. The Bertz CT molecular complexity index is 436. The Morgan fingerprint density at radius 3 is 2.76 bits per heavy atom. The molecule has 1 aromatic rings. The van der Waals surface area contributed by atoms with Crippen molar-refractivity contribution < 1.29 is 9.90 Å². The summed E-state index contributed by atoms with van der Waals surface area (Å²) in [6.45, 7) is 3.76. The maximum atomic E-state index is 12.8. The molecule has 0 bridgehead atoms. The fourth-order valence-electron chi connectivity index (χ4n) is 3.20. The van der Waals surface area contributed by atoms with E-state index in [1.807, 2.05) is 30.3 Å². The van der Waals surface area contributed by atoms with E-state index in [1.54, 1.807) is 0 Å². The van der Waals surface area contributed by atoms with Gasteiger partial charge >= 0.3 is 0 Å². The van der Waals surface area contributed by atoms with Crippen LogP contribution in [0.1, 0.15) is 44.2 Å². The zero-order chi connectivity index (χ0) is 15.1. The first-order valence-corrected chi connectivity index (χ1v) is 7.89. The van der Waals surface area contributed by atoms with E-state index < -0.39 is 0 Å². The maximum absolute atomic E-state index is 12.8. The molecule has 1 aliphatic rings. The minimum absolute atomic E-state index is 0.0689. The lowest BCUT2D eigenvalue weighted by Gasteiger charge is -2.37. The molecule has 0 aliphatic carbocycles. The molecule has 2 rings (SSSR count). The molecule has 1 fully saturated rings. The SMILES string of the molecule is CCCC1(C(=O)N[C@@H](CO)c2ccccc2)CCCNC1. The molecule has 1 saturated heterocycles. The van der Waals surface area contributed by atoms with E-state index in [-0.39, 0.29) is 24.0 Å². The second kappa shape index (κ2) is 7.57. The normalized spacial score (nSPS) is 23.5. The van der Waals surface area contributed by atoms with Crippen molar-refractivity contribution in [2.75, 3.05) is 19.7 Å². The van der Waals surface area contributed by atoms with Crippen LogP contribution in [0.3, 0.4) is 0 Å². The molecule has 4 heteroatoms. The van der Waals surface area contributed by atoms with Gasteiger partial charge in [-0.05, 0) is 31.4 Å². The molecular formula is C17H26N2O2. The van der Waals surface area contributed by atoms with Crippen LogP contribution in [-0.2, 0) is 4.79 Å². The van der Waals surface area contributed by atoms with Gasteiger partial charge in [-0.15, -0.1) is 0 Å². The molecule has 1 aromatic carbocycles. The lowest BCUT2D eigenvalue weighted by Crippen LogP contribution is -2.51. The van der Waals surface area contributed by atoms with Crippen molar-refractivity contribution in [1.29, 1.82) is 0 Å². The lowest BCUT2D eigenvalue weighted by atomic mass is 9.76. The molecule has 1 heterocycles. The zero-order valence-corrected chi connectivity index (χ0v) is 12.8. The van der Waals surface area contributed by atoms with Gasteiger partial charge < -0.3 is 15.7 Å². The number of piperidine rings is 1. The number of rotatable bonds is 6. The first kappa shape index (κ1) is 16.0. The largest absolute Gasteiger partial charge is 0.394 e. The zero-order valence-electron chi connectivity index (χ0n) is 12.8. The fourth-order valence-corrected chi connectivity index (χ4v) is 3.20. The molecule has 1 aliphatic heterocycles. The van der Waals surface area contributed by atoms with Gasteiger partial charge in [0.25, 0.3) is 0 Å². The van der Waals surface area contributed by atoms with Crippen LogP contribution in [0.15, 0.2) is 30.3 Å². The van der Waals surface area contributed by atoms with Gasteiger partial charge in [0.15, 0.2) is 0 Å². The van der Waals surface area contributed by atoms with Crippen LogP contribution < -0.4 is 10.6 Å². The van der Waals surface area contributed by atoms with Gasteiger partial charge in [-0.1, -0.05) is 43.7 Å². The summed E-state index contributed by atoms with van der Waals surface area (Å²) in [6, 6.07) is 9.33. The standard InChI is InChI=1S/C17H26N2O2/c1-2-9-17(10-6-11-18-13-17)16(21)19-15(12-20)14-7-4-3-5-8-14/h3-5,7-8,15,18,20H,2,6,9-13H2,1H3,(H,19,21)/t15-,17?/m0/s1. The topological polar surface area (TPSA) is 61.4 Å². The number of amides is 1. The summed E-state index contributed by atoms with van der Waals surface area (Å²) in [6.07, 6.45) is 3.83. The number of hydrogen-bond donors (Lipinski definition) is 3. The summed E-state index contributed by atoms with van der Waals surface area (Å²) in [5, 5.41) is 16.0. The summed E-state index contributed by atoms with van der Waals surface area (Å²) in [5.41, 5.74) is 0.624. The number of aliphatic hydroxyl groups excluding tert-OH is 1. The fraction of sp³-hybridized carbons (Fsp3) is 0.588. The highest BCUT2D eigenvalue weighted by Gasteiger charge is 2.39. The third kappa shape index (κ3) is 3.83. The molecule has 0 saturated carbocycles. The third-order valence-corrected chi connectivity index (χ3v) is 4.37. The van der Waals surface area contributed by atoms with Crippen LogP contribution in [0.2, 0.25) is 0 Å². The van der Waals surface area contributed by atoms with E-state index in [1.165, 1.54) is 0 Å². The number of aliphatic hydroxyl groups is 1. The van der Waals surface area contributed by atoms with Crippen LogP contribution in [-0.4, -0.2) is 30.7 Å². The predicted molar refractivity (Wildman–Crippen MR) is 83.9 cm³/mol. The minimum Gasteiger partial charge on any atom is -0.394 e. The molecule has 0 radical (unpaired) electrons. The average Bonchev–Trinajstić information content (AvgIpc) is 2.54. The van der Waals surface area contributed by atoms with Crippen LogP contribution in [0.25, 0.3) is 0 Å². The van der Waals surface area contributed by atoms with Gasteiger partial charge in [-0.3, -0.25) is 4.79 Å². The number of benzene rings is 1. The molecule has 2 atom stereocenters. The Labute approximate surface area is 126 Å². The molecular weight excluding hydrogens is 264 g/mol. The highest BCUT2D eigenvalue weighted by molar-refractivity contribution is 5.83. The smallest absolute Gasteiger partial charge is 0.228 e. The van der Waals surface area contributed by atoms with Gasteiger partial charge in [0.1, 0.15) is 0 Å². The van der Waals surface area contributed by atoms with Gasteiger partial charge in [0, 0.05) is 6.54 Å². The Balaban J connectivity index is 2.10. The van der Waals surface area contributed by atoms with Crippen LogP contribution in [0.4, 0.5) is 0 Å². The third-order valence-electron chi connectivity index (χ3n) is 4.37. The van der Waals surface area contributed by atoms with Gasteiger partial charge in [0.05, 0.1) is 18.1 Å². The molecule has 116 valence electrons. The van der Waals surface area contributed by atoms with E-state index in [2.05, 4.69) is 17.6 Å². The Morgan fingerprint density at radius 1 is 1.43 bits per heavy atom. The Kier molecular flexibility index (Phi) is 5.76. The number of carbonyl (C=O) groups excluding carboxylic acids is 1. The molecule has 21 heavy (non-hydrogen) atoms. The summed E-state index contributed by atoms with van der Waals surface area (Å²) >= 11 is 0. The van der Waals surface area contributed by atoms with Crippen molar-refractivity contribution in [2.45, 2.75) is 38.6 Å². The number of carbonyl (C=O) groups is 1. The van der Waals surface area contributed by atoms with Crippen molar-refractivity contribution in [1.82, 2.24) is 10.6 Å². The van der Waals surface area contributed by atoms with E-state index in [0.717, 1.165) is 44.3 Å². The number of hydrogen-bond acceptors (Lipinski definition) is 3. The van der Waals surface area contributed by atoms with E-state index in [4.69, 9.17) is 0 Å². The van der Waals surface area contributed by atoms with Gasteiger partial charge in [-0.2, -0.15) is 0 Å². The number of nitrogens with one attached hydrogen (secondary N) is 2. The first-order valence-electron chi connectivity index (χ1n) is 7.89. The molecule has 1 unspecified atom stereocenters. The van der Waals surface area contributed by atoms with Crippen LogP contribution >= 0.6 is 0 Å². The second-order valence-electron chi connectivity index (χ2n) is 5.93. The molecule has 0 spiro atoms. The quantitative estimate of drug-likeness (QED) is 0.751. The van der Waals surface area contributed by atoms with Crippen molar-refractivity contribution in [2.24, 2.45) is 5.41 Å². The minimum atomic E-state index is -0.325. The summed E-state index contributed by atoms with van der Waals surface area (Å²) in [7, 11) is 0. The summed E-state index contributed by atoms with van der Waals surface area (Å²) in [5.74, 6) is 0.0689. The van der Waals surface area contributed by atoms with Crippen molar-refractivity contribution in [3.05, 3.63) is 35.9 Å². The second-order valence-corrected chi connectivity index (χ2v) is 5.93. The lowest BCUT2D eigenvalue weighted by molar-refractivity contribution is -0.133. The molecule has 0 aromatic heterocycles. The van der Waals surface area contributed by atoms with Gasteiger partial charge in [-0.25, -0.2) is 0 Å². The van der Waals surface area contributed by atoms with Crippen molar-refractivity contribution in [3.63, 3.8) is 0 Å². The Hall–Kier alpha value is -1.39. The van der Waals surface area contributed by atoms with Crippen LogP contribution in [0.5, 0.6) is 0 Å². The van der Waals surface area contributed by atoms with Gasteiger partial charge in [0.2, 0.25) is 5.91 Å². The first-order chi connectivity index (χ1) is 10.2. The van der Waals surface area contributed by atoms with E-state index in [0.29, 0.717) is 0 Å². The average molecular weight is 290 g/mol. The monoisotopic (exact) mass is 290 g/mol. The molecule has 4 nitrogen and oxygen atoms in total. The van der Waals surface area contributed by atoms with Crippen LogP contribution in [0, 0.1) is 5.41 Å². The summed E-state index contributed by atoms with van der Waals surface area (Å²) in [4.78, 5) is 12.8.